The van der Waals surface area contributed by atoms with Gasteiger partial charge in [0.2, 0.25) is 5.91 Å². The van der Waals surface area contributed by atoms with Crippen molar-refractivity contribution in [3.05, 3.63) is 27.7 Å². The molecule has 144 valence electrons. The van der Waals surface area contributed by atoms with Crippen molar-refractivity contribution < 1.29 is 14.6 Å². The molecule has 1 atom stereocenters. The first-order chi connectivity index (χ1) is 12.4. The van der Waals surface area contributed by atoms with Gasteiger partial charge >= 0.3 is 0 Å². The van der Waals surface area contributed by atoms with Gasteiger partial charge in [0.05, 0.1) is 25.5 Å². The fourth-order valence-corrected chi connectivity index (χ4v) is 3.60. The number of aromatic nitrogens is 2. The van der Waals surface area contributed by atoms with E-state index in [1.54, 1.807) is 4.90 Å². The van der Waals surface area contributed by atoms with E-state index in [1.165, 1.54) is 10.7 Å². The molecule has 2 aliphatic heterocycles. The molecule has 0 aliphatic carbocycles. The summed E-state index contributed by atoms with van der Waals surface area (Å²) >= 11 is 0. The molecule has 1 aromatic heterocycles. The molecule has 0 aromatic carbocycles. The molecular formula is C18H28N4O4. The predicted molar refractivity (Wildman–Crippen MR) is 96.0 cm³/mol. The largest absolute Gasteiger partial charge is 0.384 e. The molecule has 0 saturated carbocycles. The van der Waals surface area contributed by atoms with Crippen LogP contribution in [0.25, 0.3) is 0 Å². The lowest BCUT2D eigenvalue weighted by molar-refractivity contribution is -0.135. The van der Waals surface area contributed by atoms with Crippen LogP contribution in [0, 0.1) is 13.8 Å². The van der Waals surface area contributed by atoms with Gasteiger partial charge in [-0.3, -0.25) is 9.59 Å². The van der Waals surface area contributed by atoms with Gasteiger partial charge in [0.1, 0.15) is 12.1 Å². The highest BCUT2D eigenvalue weighted by atomic mass is 16.5. The highest BCUT2D eigenvalue weighted by Crippen LogP contribution is 2.18. The van der Waals surface area contributed by atoms with Crippen molar-refractivity contribution in [2.24, 2.45) is 0 Å². The maximum Gasteiger partial charge on any atom is 0.267 e. The van der Waals surface area contributed by atoms with Crippen LogP contribution in [0.3, 0.4) is 0 Å². The lowest BCUT2D eigenvalue weighted by atomic mass is 10.0. The lowest BCUT2D eigenvalue weighted by Crippen LogP contribution is -2.53. The van der Waals surface area contributed by atoms with E-state index in [-0.39, 0.29) is 31.2 Å². The summed E-state index contributed by atoms with van der Waals surface area (Å²) in [5, 5.41) is 15.2. The molecule has 1 amide bonds. The molecule has 0 bridgehead atoms. The van der Waals surface area contributed by atoms with E-state index >= 15 is 0 Å². The number of carbonyl (C=O) groups is 1. The normalized spacial score (nSPS) is 24.7. The number of amides is 1. The molecule has 26 heavy (non-hydrogen) atoms. The summed E-state index contributed by atoms with van der Waals surface area (Å²) in [5.74, 6) is -0.229. The highest BCUT2D eigenvalue weighted by Gasteiger charge is 2.36. The van der Waals surface area contributed by atoms with E-state index < -0.39 is 5.60 Å². The van der Waals surface area contributed by atoms with Gasteiger partial charge in [0.25, 0.3) is 5.56 Å². The topological polar surface area (TPSA) is 87.9 Å². The molecule has 0 radical (unpaired) electrons. The number of β-amino-alcohol motifs (C(OH)–C–C–N with tert-alkyl or cyclic N) is 1. The van der Waals surface area contributed by atoms with Gasteiger partial charge in [-0.2, -0.15) is 5.10 Å². The molecule has 1 unspecified atom stereocenters. The van der Waals surface area contributed by atoms with Crippen LogP contribution < -0.4 is 5.56 Å². The number of hydrogen-bond acceptors (Lipinski definition) is 6. The first-order valence-corrected chi connectivity index (χ1v) is 9.22. The fraction of sp³-hybridized carbons (Fsp3) is 0.722. The summed E-state index contributed by atoms with van der Waals surface area (Å²) < 4.78 is 6.75. The third kappa shape index (κ3) is 4.49. The number of aryl methyl sites for hydroxylation is 2. The fourth-order valence-electron chi connectivity index (χ4n) is 3.60. The molecule has 0 spiro atoms. The molecule has 2 fully saturated rings. The first-order valence-electron chi connectivity index (χ1n) is 9.22. The van der Waals surface area contributed by atoms with Crippen LogP contribution in [0.5, 0.6) is 0 Å². The van der Waals surface area contributed by atoms with E-state index in [4.69, 9.17) is 4.74 Å². The number of likely N-dealkylation sites (tertiary alicyclic amines) is 1. The molecule has 8 heteroatoms. The molecule has 3 rings (SSSR count). The Morgan fingerprint density at radius 3 is 2.77 bits per heavy atom. The Morgan fingerprint density at radius 1 is 1.31 bits per heavy atom. The zero-order valence-electron chi connectivity index (χ0n) is 15.6. The monoisotopic (exact) mass is 364 g/mol. The smallest absolute Gasteiger partial charge is 0.267 e. The zero-order chi connectivity index (χ0) is 18.7. The molecule has 2 saturated heterocycles. The number of aliphatic hydroxyl groups is 1. The number of hydrogen-bond donors (Lipinski definition) is 1. The summed E-state index contributed by atoms with van der Waals surface area (Å²) in [5.41, 5.74) is 0.154. The number of rotatable bonds is 4. The first kappa shape index (κ1) is 19.0. The molecule has 8 nitrogen and oxygen atoms in total. The second-order valence-corrected chi connectivity index (χ2v) is 7.48. The van der Waals surface area contributed by atoms with Crippen LogP contribution in [0.4, 0.5) is 0 Å². The van der Waals surface area contributed by atoms with Crippen molar-refractivity contribution in [3.8, 4) is 0 Å². The van der Waals surface area contributed by atoms with E-state index in [0.717, 1.165) is 37.2 Å². The number of nitrogens with zero attached hydrogens (tertiary/aromatic N) is 4. The van der Waals surface area contributed by atoms with Crippen molar-refractivity contribution in [2.45, 2.75) is 38.8 Å². The Kier molecular flexibility index (Phi) is 5.74. The second kappa shape index (κ2) is 7.85. The van der Waals surface area contributed by atoms with Gasteiger partial charge in [0.15, 0.2) is 0 Å². The number of carbonyl (C=O) groups excluding carboxylic acids is 1. The van der Waals surface area contributed by atoms with Gasteiger partial charge in [-0.1, -0.05) is 0 Å². The van der Waals surface area contributed by atoms with Crippen molar-refractivity contribution >= 4 is 5.91 Å². The minimum Gasteiger partial charge on any atom is -0.384 e. The maximum absolute atomic E-state index is 12.7. The number of ether oxygens (including phenoxy) is 1. The average molecular weight is 364 g/mol. The van der Waals surface area contributed by atoms with E-state index in [0.29, 0.717) is 19.7 Å². The zero-order valence-corrected chi connectivity index (χ0v) is 15.6. The highest BCUT2D eigenvalue weighted by molar-refractivity contribution is 5.76. The van der Waals surface area contributed by atoms with Gasteiger partial charge in [-0.15, -0.1) is 0 Å². The van der Waals surface area contributed by atoms with E-state index in [9.17, 15) is 14.7 Å². The summed E-state index contributed by atoms with van der Waals surface area (Å²) in [6.45, 7) is 7.15. The molecule has 1 aromatic rings. The van der Waals surface area contributed by atoms with Gasteiger partial charge in [0, 0.05) is 19.2 Å². The van der Waals surface area contributed by atoms with Crippen LogP contribution in [0.1, 0.15) is 24.1 Å². The van der Waals surface area contributed by atoms with Crippen molar-refractivity contribution in [2.75, 3.05) is 45.9 Å². The Balaban J connectivity index is 1.69. The molecule has 1 N–H and O–H groups in total. The van der Waals surface area contributed by atoms with Crippen LogP contribution in [0.15, 0.2) is 10.9 Å². The summed E-state index contributed by atoms with van der Waals surface area (Å²) in [6, 6.07) is 1.49. The van der Waals surface area contributed by atoms with Crippen LogP contribution in [0.2, 0.25) is 0 Å². The van der Waals surface area contributed by atoms with Crippen LogP contribution in [-0.4, -0.2) is 82.1 Å². The summed E-state index contributed by atoms with van der Waals surface area (Å²) in [7, 11) is 0. The average Bonchev–Trinajstić information content (AvgIpc) is 2.99. The Bertz CT molecular complexity index is 714. The van der Waals surface area contributed by atoms with Gasteiger partial charge < -0.3 is 19.6 Å². The molecule has 2 aliphatic rings. The molecular weight excluding hydrogens is 336 g/mol. The van der Waals surface area contributed by atoms with E-state index in [2.05, 4.69) is 10.00 Å². The Labute approximate surface area is 153 Å². The van der Waals surface area contributed by atoms with Crippen molar-refractivity contribution in [1.82, 2.24) is 19.6 Å². The van der Waals surface area contributed by atoms with Crippen LogP contribution in [-0.2, 0) is 16.1 Å². The Hall–Kier alpha value is -1.77. The Morgan fingerprint density at radius 2 is 2.04 bits per heavy atom. The maximum atomic E-state index is 12.7. The second-order valence-electron chi connectivity index (χ2n) is 7.48. The van der Waals surface area contributed by atoms with Gasteiger partial charge in [-0.25, -0.2) is 4.68 Å². The standard InChI is InChI=1S/C18H28N4O4/c1-14-9-16(23)22(19-15(14)2)10-17(24)21-7-8-26-13-18(25,12-21)11-20-5-3-4-6-20/h9,25H,3-8,10-13H2,1-2H3. The SMILES string of the molecule is Cc1cc(=O)n(CC(=O)N2CCOCC(O)(CN3CCCC3)C2)nc1C. The predicted octanol–water partition coefficient (Wildman–Crippen LogP) is -0.454. The third-order valence-electron chi connectivity index (χ3n) is 5.15. The minimum atomic E-state index is -1.09. The van der Waals surface area contributed by atoms with Crippen molar-refractivity contribution in [3.63, 3.8) is 0 Å². The van der Waals surface area contributed by atoms with Crippen LogP contribution >= 0.6 is 0 Å². The summed E-state index contributed by atoms with van der Waals surface area (Å²) in [4.78, 5) is 28.6. The summed E-state index contributed by atoms with van der Waals surface area (Å²) in [6.07, 6.45) is 2.28. The quantitative estimate of drug-likeness (QED) is 0.778. The third-order valence-corrected chi connectivity index (χ3v) is 5.15. The van der Waals surface area contributed by atoms with Crippen molar-refractivity contribution in [1.29, 1.82) is 0 Å². The van der Waals surface area contributed by atoms with E-state index in [1.807, 2.05) is 13.8 Å². The van der Waals surface area contributed by atoms with Gasteiger partial charge in [-0.05, 0) is 45.3 Å². The lowest BCUT2D eigenvalue weighted by Gasteiger charge is -2.34. The minimum absolute atomic E-state index is 0.125. The molecule has 3 heterocycles.